The largest absolute Gasteiger partial charge is 0.480 e. The topological polar surface area (TPSA) is 83.5 Å². The summed E-state index contributed by atoms with van der Waals surface area (Å²) < 4.78 is 63.6. The Balaban J connectivity index is 3.36. The van der Waals surface area contributed by atoms with E-state index in [-0.39, 0.29) is 5.02 Å². The van der Waals surface area contributed by atoms with Crippen LogP contribution in [0.5, 0.6) is 0 Å². The van der Waals surface area contributed by atoms with E-state index in [4.69, 9.17) is 16.7 Å². The summed E-state index contributed by atoms with van der Waals surface area (Å²) >= 11 is 5.42. The third-order valence-corrected chi connectivity index (χ3v) is 4.07. The lowest BCUT2D eigenvalue weighted by molar-refractivity contribution is -0.140. The zero-order chi connectivity index (χ0) is 15.7. The van der Waals surface area contributed by atoms with Crippen LogP contribution in [0, 0.1) is 0 Å². The SMILES string of the molecule is C[C@@H](NS(=O)(=O)c1ccc(Cl)cc1C(F)(F)F)C(=O)O. The zero-order valence-electron chi connectivity index (χ0n) is 9.90. The van der Waals surface area contributed by atoms with Gasteiger partial charge in [-0.25, -0.2) is 8.42 Å². The molecule has 0 spiro atoms. The molecule has 0 aliphatic heterocycles. The summed E-state index contributed by atoms with van der Waals surface area (Å²) in [4.78, 5) is 9.49. The number of carboxylic acid groups (broad SMARTS) is 1. The predicted octanol–water partition coefficient (Wildman–Crippen LogP) is 2.11. The molecule has 0 unspecified atom stereocenters. The molecule has 2 N–H and O–H groups in total. The first-order valence-corrected chi connectivity index (χ1v) is 6.93. The Labute approximate surface area is 117 Å². The Hall–Kier alpha value is -1.32. The zero-order valence-corrected chi connectivity index (χ0v) is 11.5. The Morgan fingerprint density at radius 1 is 1.40 bits per heavy atom. The van der Waals surface area contributed by atoms with Crippen molar-refractivity contribution in [2.75, 3.05) is 0 Å². The maximum atomic E-state index is 12.8. The number of hydrogen-bond acceptors (Lipinski definition) is 3. The Morgan fingerprint density at radius 2 is 1.95 bits per heavy atom. The summed E-state index contributed by atoms with van der Waals surface area (Å²) in [5.41, 5.74) is -1.46. The second kappa shape index (κ2) is 5.58. The van der Waals surface area contributed by atoms with Gasteiger partial charge in [0, 0.05) is 5.02 Å². The second-order valence-electron chi connectivity index (χ2n) is 3.82. The van der Waals surface area contributed by atoms with Gasteiger partial charge in [0.25, 0.3) is 0 Å². The lowest BCUT2D eigenvalue weighted by atomic mass is 10.2. The number of aliphatic carboxylic acids is 1. The van der Waals surface area contributed by atoms with E-state index in [2.05, 4.69) is 0 Å². The number of sulfonamides is 1. The van der Waals surface area contributed by atoms with Gasteiger partial charge in [0.2, 0.25) is 10.0 Å². The molecule has 1 atom stereocenters. The van der Waals surface area contributed by atoms with Crippen LogP contribution in [0.1, 0.15) is 12.5 Å². The number of benzene rings is 1. The molecule has 0 saturated heterocycles. The standard InChI is InChI=1S/C10H9ClF3NO4S/c1-5(9(16)17)15-20(18,19)8-3-2-6(11)4-7(8)10(12,13)14/h2-5,15H,1H3,(H,16,17)/t5-/m1/s1. The van der Waals surface area contributed by atoms with E-state index in [9.17, 15) is 26.4 Å². The smallest absolute Gasteiger partial charge is 0.417 e. The van der Waals surface area contributed by atoms with Crippen molar-refractivity contribution < 1.29 is 31.5 Å². The summed E-state index contributed by atoms with van der Waals surface area (Å²) in [7, 11) is -4.64. The maximum Gasteiger partial charge on any atom is 0.417 e. The summed E-state index contributed by atoms with van der Waals surface area (Å²) in [5.74, 6) is -1.52. The molecule has 1 rings (SSSR count). The van der Waals surface area contributed by atoms with E-state index >= 15 is 0 Å². The summed E-state index contributed by atoms with van der Waals surface area (Å²) in [6.45, 7) is 0.989. The van der Waals surface area contributed by atoms with Gasteiger partial charge < -0.3 is 5.11 Å². The highest BCUT2D eigenvalue weighted by atomic mass is 35.5. The molecule has 0 radical (unpaired) electrons. The molecule has 1 aromatic carbocycles. The van der Waals surface area contributed by atoms with Crippen molar-refractivity contribution in [3.8, 4) is 0 Å². The van der Waals surface area contributed by atoms with Crippen molar-refractivity contribution in [3.63, 3.8) is 0 Å². The van der Waals surface area contributed by atoms with E-state index in [1.54, 1.807) is 4.72 Å². The highest BCUT2D eigenvalue weighted by molar-refractivity contribution is 7.89. The molecule has 0 saturated carbocycles. The predicted molar refractivity (Wildman–Crippen MR) is 63.9 cm³/mol. The van der Waals surface area contributed by atoms with Gasteiger partial charge in [0.1, 0.15) is 6.04 Å². The van der Waals surface area contributed by atoms with Gasteiger partial charge in [-0.2, -0.15) is 17.9 Å². The fourth-order valence-electron chi connectivity index (χ4n) is 1.30. The molecule has 0 bridgehead atoms. The fraction of sp³-hybridized carbons (Fsp3) is 0.300. The minimum absolute atomic E-state index is 0.289. The maximum absolute atomic E-state index is 12.8. The molecule has 5 nitrogen and oxygen atoms in total. The third-order valence-electron chi connectivity index (χ3n) is 2.24. The first-order valence-electron chi connectivity index (χ1n) is 5.07. The number of halogens is 4. The van der Waals surface area contributed by atoms with Gasteiger partial charge in [0.15, 0.2) is 0 Å². The average molecular weight is 332 g/mol. The number of rotatable bonds is 4. The van der Waals surface area contributed by atoms with Crippen molar-refractivity contribution in [2.24, 2.45) is 0 Å². The Bertz CT molecular complexity index is 630. The highest BCUT2D eigenvalue weighted by Crippen LogP contribution is 2.35. The minimum Gasteiger partial charge on any atom is -0.480 e. The molecular weight excluding hydrogens is 323 g/mol. The van der Waals surface area contributed by atoms with Gasteiger partial charge in [-0.15, -0.1) is 0 Å². The normalized spacial score (nSPS) is 14.1. The fourth-order valence-corrected chi connectivity index (χ4v) is 2.88. The van der Waals surface area contributed by atoms with Crippen LogP contribution in [0.3, 0.4) is 0 Å². The second-order valence-corrected chi connectivity index (χ2v) is 5.94. The van der Waals surface area contributed by atoms with Gasteiger partial charge in [0.05, 0.1) is 10.5 Å². The van der Waals surface area contributed by atoms with Crippen LogP contribution >= 0.6 is 11.6 Å². The van der Waals surface area contributed by atoms with Crippen LogP contribution in [0.2, 0.25) is 5.02 Å². The molecule has 1 aromatic rings. The molecule has 0 aromatic heterocycles. The first-order chi connectivity index (χ1) is 8.95. The number of hydrogen-bond donors (Lipinski definition) is 2. The molecule has 0 amide bonds. The molecule has 0 aliphatic carbocycles. The average Bonchev–Trinajstić information content (AvgIpc) is 2.26. The van der Waals surface area contributed by atoms with Crippen LogP contribution in [-0.4, -0.2) is 25.5 Å². The Morgan fingerprint density at radius 3 is 2.40 bits per heavy atom. The number of alkyl halides is 3. The molecule has 10 heteroatoms. The molecular formula is C10H9ClF3NO4S. The summed E-state index contributed by atoms with van der Waals surface area (Å²) in [6.07, 6.45) is -4.94. The molecule has 0 fully saturated rings. The highest BCUT2D eigenvalue weighted by Gasteiger charge is 2.38. The summed E-state index contributed by atoms with van der Waals surface area (Å²) in [6, 6.07) is 0.525. The van der Waals surface area contributed by atoms with Gasteiger partial charge >= 0.3 is 12.1 Å². The van der Waals surface area contributed by atoms with Crippen molar-refractivity contribution >= 4 is 27.6 Å². The molecule has 112 valence electrons. The number of nitrogens with one attached hydrogen (secondary N) is 1. The lowest BCUT2D eigenvalue weighted by Crippen LogP contribution is -2.39. The van der Waals surface area contributed by atoms with Crippen molar-refractivity contribution in [1.29, 1.82) is 0 Å². The first kappa shape index (κ1) is 16.7. The third kappa shape index (κ3) is 3.84. The molecule has 0 heterocycles. The monoisotopic (exact) mass is 331 g/mol. The van der Waals surface area contributed by atoms with E-state index in [1.165, 1.54) is 0 Å². The van der Waals surface area contributed by atoms with Gasteiger partial charge in [-0.05, 0) is 25.1 Å². The van der Waals surface area contributed by atoms with Crippen LogP contribution in [0.4, 0.5) is 13.2 Å². The van der Waals surface area contributed by atoms with Crippen LogP contribution in [0.15, 0.2) is 23.1 Å². The minimum atomic E-state index is -4.94. The van der Waals surface area contributed by atoms with Crippen LogP contribution in [0.25, 0.3) is 0 Å². The lowest BCUT2D eigenvalue weighted by Gasteiger charge is -2.15. The number of carboxylic acids is 1. The van der Waals surface area contributed by atoms with Crippen LogP contribution in [-0.2, 0) is 21.0 Å². The van der Waals surface area contributed by atoms with Gasteiger partial charge in [-0.1, -0.05) is 11.6 Å². The van der Waals surface area contributed by atoms with E-state index in [0.717, 1.165) is 13.0 Å². The van der Waals surface area contributed by atoms with E-state index in [0.29, 0.717) is 12.1 Å². The Kier molecular flexibility index (Phi) is 4.67. The van der Waals surface area contributed by atoms with Crippen molar-refractivity contribution in [2.45, 2.75) is 24.0 Å². The quantitative estimate of drug-likeness (QED) is 0.885. The summed E-state index contributed by atoms with van der Waals surface area (Å²) in [5, 5.41) is 8.31. The van der Waals surface area contributed by atoms with Crippen molar-refractivity contribution in [1.82, 2.24) is 4.72 Å². The molecule has 0 aliphatic rings. The van der Waals surface area contributed by atoms with E-state index < -0.39 is 38.7 Å². The van der Waals surface area contributed by atoms with Gasteiger partial charge in [-0.3, -0.25) is 4.79 Å². The number of carbonyl (C=O) groups is 1. The molecule has 20 heavy (non-hydrogen) atoms. The van der Waals surface area contributed by atoms with Crippen molar-refractivity contribution in [3.05, 3.63) is 28.8 Å². The van der Waals surface area contributed by atoms with E-state index in [1.807, 2.05) is 0 Å². The van der Waals surface area contributed by atoms with Crippen LogP contribution < -0.4 is 4.72 Å².